The molecule has 110 valence electrons. The summed E-state index contributed by atoms with van der Waals surface area (Å²) in [5, 5.41) is 3.81. The van der Waals surface area contributed by atoms with E-state index in [9.17, 15) is 8.42 Å². The molecule has 1 saturated carbocycles. The van der Waals surface area contributed by atoms with Crippen LogP contribution in [-0.4, -0.2) is 32.5 Å². The molecule has 1 aromatic carbocycles. The van der Waals surface area contributed by atoms with E-state index in [1.165, 1.54) is 5.56 Å². The van der Waals surface area contributed by atoms with Crippen LogP contribution < -0.4 is 10.0 Å². The van der Waals surface area contributed by atoms with Crippen molar-refractivity contribution in [2.24, 2.45) is 0 Å². The van der Waals surface area contributed by atoms with Gasteiger partial charge in [0.25, 0.3) is 0 Å². The van der Waals surface area contributed by atoms with Crippen LogP contribution in [0.15, 0.2) is 23.1 Å². The highest BCUT2D eigenvalue weighted by molar-refractivity contribution is 7.99. The van der Waals surface area contributed by atoms with E-state index >= 15 is 0 Å². The first-order valence-corrected chi connectivity index (χ1v) is 9.77. The fraction of sp³-hybridized carbons (Fsp3) is 0.571. The Balaban J connectivity index is 1.75. The maximum Gasteiger partial charge on any atom is 0.240 e. The monoisotopic (exact) mass is 312 g/mol. The molecule has 2 atom stereocenters. The highest BCUT2D eigenvalue weighted by Crippen LogP contribution is 2.30. The van der Waals surface area contributed by atoms with E-state index in [-0.39, 0.29) is 6.04 Å². The number of fused-ring (bicyclic) bond motifs is 1. The minimum atomic E-state index is -3.40. The largest absolute Gasteiger partial charge is 0.384 e. The summed E-state index contributed by atoms with van der Waals surface area (Å²) in [5.41, 5.74) is 2.16. The second-order valence-electron chi connectivity index (χ2n) is 5.48. The van der Waals surface area contributed by atoms with Gasteiger partial charge >= 0.3 is 0 Å². The van der Waals surface area contributed by atoms with Crippen LogP contribution in [0.1, 0.15) is 24.8 Å². The van der Waals surface area contributed by atoms with E-state index in [0.29, 0.717) is 10.1 Å². The molecule has 1 fully saturated rings. The Morgan fingerprint density at radius 3 is 2.95 bits per heavy atom. The molecule has 0 aromatic heterocycles. The summed E-state index contributed by atoms with van der Waals surface area (Å²) in [6.45, 7) is 0.893. The molecule has 2 N–H and O–H groups in total. The Morgan fingerprint density at radius 2 is 2.20 bits per heavy atom. The van der Waals surface area contributed by atoms with Gasteiger partial charge in [0, 0.05) is 23.5 Å². The first-order valence-electron chi connectivity index (χ1n) is 7.00. The number of hydrogen-bond acceptors (Lipinski definition) is 4. The highest BCUT2D eigenvalue weighted by atomic mass is 32.2. The number of hydrogen-bond donors (Lipinski definition) is 2. The van der Waals surface area contributed by atoms with Crippen molar-refractivity contribution in [2.45, 2.75) is 41.9 Å². The normalized spacial score (nSPS) is 25.4. The van der Waals surface area contributed by atoms with Crippen LogP contribution in [0.4, 0.5) is 5.69 Å². The number of rotatable bonds is 4. The summed E-state index contributed by atoms with van der Waals surface area (Å²) in [5.74, 6) is 0. The minimum absolute atomic E-state index is 0.0821. The Morgan fingerprint density at radius 1 is 1.35 bits per heavy atom. The summed E-state index contributed by atoms with van der Waals surface area (Å²) >= 11 is 1.83. The smallest absolute Gasteiger partial charge is 0.240 e. The van der Waals surface area contributed by atoms with Gasteiger partial charge in [-0.05, 0) is 49.6 Å². The number of sulfonamides is 1. The highest BCUT2D eigenvalue weighted by Gasteiger charge is 2.28. The summed E-state index contributed by atoms with van der Waals surface area (Å²) in [7, 11) is -3.40. The average molecular weight is 312 g/mol. The van der Waals surface area contributed by atoms with E-state index in [4.69, 9.17) is 0 Å². The summed E-state index contributed by atoms with van der Waals surface area (Å²) in [6.07, 6.45) is 6.03. The van der Waals surface area contributed by atoms with Gasteiger partial charge in [-0.15, -0.1) is 0 Å². The number of nitrogens with one attached hydrogen (secondary N) is 2. The molecule has 1 aliphatic carbocycles. The van der Waals surface area contributed by atoms with Gasteiger partial charge in [-0.25, -0.2) is 13.1 Å². The Kier molecular flexibility index (Phi) is 3.97. The van der Waals surface area contributed by atoms with Gasteiger partial charge in [0.05, 0.1) is 4.90 Å². The zero-order valence-corrected chi connectivity index (χ0v) is 13.2. The molecular weight excluding hydrogens is 292 g/mol. The molecule has 2 unspecified atom stereocenters. The number of benzene rings is 1. The van der Waals surface area contributed by atoms with E-state index in [2.05, 4.69) is 16.3 Å². The molecule has 1 aliphatic heterocycles. The van der Waals surface area contributed by atoms with Crippen molar-refractivity contribution in [1.29, 1.82) is 0 Å². The third-order valence-corrected chi connectivity index (χ3v) is 6.75. The van der Waals surface area contributed by atoms with Crippen LogP contribution in [0, 0.1) is 0 Å². The molecule has 20 heavy (non-hydrogen) atoms. The van der Waals surface area contributed by atoms with Gasteiger partial charge in [-0.2, -0.15) is 11.8 Å². The van der Waals surface area contributed by atoms with Gasteiger partial charge in [0.1, 0.15) is 0 Å². The second-order valence-corrected chi connectivity index (χ2v) is 8.34. The van der Waals surface area contributed by atoms with Gasteiger partial charge in [-0.3, -0.25) is 0 Å². The van der Waals surface area contributed by atoms with Crippen molar-refractivity contribution in [2.75, 3.05) is 18.1 Å². The van der Waals surface area contributed by atoms with Gasteiger partial charge < -0.3 is 5.32 Å². The topological polar surface area (TPSA) is 58.2 Å². The van der Waals surface area contributed by atoms with Crippen molar-refractivity contribution in [3.63, 3.8) is 0 Å². The lowest BCUT2D eigenvalue weighted by Crippen LogP contribution is -2.33. The predicted molar refractivity (Wildman–Crippen MR) is 83.9 cm³/mol. The van der Waals surface area contributed by atoms with Crippen molar-refractivity contribution in [1.82, 2.24) is 4.72 Å². The molecule has 1 aromatic rings. The van der Waals surface area contributed by atoms with Gasteiger partial charge in [-0.1, -0.05) is 6.07 Å². The van der Waals surface area contributed by atoms with Crippen molar-refractivity contribution in [3.05, 3.63) is 23.8 Å². The molecule has 6 heteroatoms. The second kappa shape index (κ2) is 5.58. The van der Waals surface area contributed by atoms with Gasteiger partial charge in [0.15, 0.2) is 0 Å². The molecule has 0 saturated heterocycles. The third kappa shape index (κ3) is 2.82. The molecule has 4 nitrogen and oxygen atoms in total. The Bertz CT molecular complexity index is 601. The van der Waals surface area contributed by atoms with E-state index in [1.807, 2.05) is 17.8 Å². The van der Waals surface area contributed by atoms with E-state index in [0.717, 1.165) is 37.9 Å². The summed E-state index contributed by atoms with van der Waals surface area (Å²) in [4.78, 5) is 0.373. The van der Waals surface area contributed by atoms with Crippen LogP contribution in [0.5, 0.6) is 0 Å². The summed E-state index contributed by atoms with van der Waals surface area (Å²) < 4.78 is 27.7. The molecule has 0 spiro atoms. The van der Waals surface area contributed by atoms with E-state index < -0.39 is 10.0 Å². The lowest BCUT2D eigenvalue weighted by atomic mass is 10.2. The zero-order chi connectivity index (χ0) is 14.2. The molecule has 3 rings (SSSR count). The number of thioether (sulfide) groups is 1. The molecule has 0 radical (unpaired) electrons. The first-order chi connectivity index (χ1) is 9.58. The number of anilines is 1. The fourth-order valence-corrected chi connectivity index (χ4v) is 5.09. The molecule has 2 aliphatic rings. The maximum absolute atomic E-state index is 12.4. The average Bonchev–Trinajstić information content (AvgIpc) is 3.05. The lowest BCUT2D eigenvalue weighted by Gasteiger charge is -2.14. The third-order valence-electron chi connectivity index (χ3n) is 4.14. The molecular formula is C14H20N2O2S2. The zero-order valence-electron chi connectivity index (χ0n) is 11.6. The first kappa shape index (κ1) is 14.2. The Labute approximate surface area is 124 Å². The standard InChI is InChI=1S/C14H20N2O2S2/c1-19-12-4-3-11(8-12)16-20(17,18)13-5-2-10-6-7-15-14(10)9-13/h2,5,9,11-12,15-16H,3-4,6-8H2,1H3. The fourth-order valence-electron chi connectivity index (χ4n) is 2.99. The van der Waals surface area contributed by atoms with Crippen molar-refractivity contribution in [3.8, 4) is 0 Å². The quantitative estimate of drug-likeness (QED) is 0.895. The van der Waals surface area contributed by atoms with E-state index in [1.54, 1.807) is 12.1 Å². The lowest BCUT2D eigenvalue weighted by molar-refractivity contribution is 0.552. The van der Waals surface area contributed by atoms with Crippen molar-refractivity contribution < 1.29 is 8.42 Å². The predicted octanol–water partition coefficient (Wildman–Crippen LogP) is 2.22. The minimum Gasteiger partial charge on any atom is -0.384 e. The molecule has 1 heterocycles. The van der Waals surface area contributed by atoms with Crippen LogP contribution in [0.25, 0.3) is 0 Å². The molecule has 0 amide bonds. The maximum atomic E-state index is 12.4. The van der Waals surface area contributed by atoms with Gasteiger partial charge in [0.2, 0.25) is 10.0 Å². The Hall–Kier alpha value is -0.720. The van der Waals surface area contributed by atoms with Crippen LogP contribution in [-0.2, 0) is 16.4 Å². The summed E-state index contributed by atoms with van der Waals surface area (Å²) in [6, 6.07) is 5.48. The SMILES string of the molecule is CSC1CCC(NS(=O)(=O)c2ccc3c(c2)NCC3)C1. The van der Waals surface area contributed by atoms with Crippen molar-refractivity contribution >= 4 is 27.5 Å². The van der Waals surface area contributed by atoms with Crippen LogP contribution in [0.3, 0.4) is 0 Å². The van der Waals surface area contributed by atoms with Crippen LogP contribution >= 0.6 is 11.8 Å². The molecule has 0 bridgehead atoms. The van der Waals surface area contributed by atoms with Crippen LogP contribution in [0.2, 0.25) is 0 Å².